The molecule has 0 fully saturated rings. The molecule has 0 aliphatic heterocycles. The highest BCUT2D eigenvalue weighted by atomic mass is 79.9. The summed E-state index contributed by atoms with van der Waals surface area (Å²) < 4.78 is 27.2. The zero-order valence-electron chi connectivity index (χ0n) is 12.4. The number of carbonyl (C=O) groups is 1. The van der Waals surface area contributed by atoms with E-state index in [1.54, 1.807) is 32.9 Å². The van der Waals surface area contributed by atoms with Crippen molar-refractivity contribution in [3.8, 4) is 5.75 Å². The number of rotatable bonds is 2. The molecule has 1 unspecified atom stereocenters. The lowest BCUT2D eigenvalue weighted by Gasteiger charge is -2.18. The lowest BCUT2D eigenvalue weighted by molar-refractivity contribution is 0.0607. The Kier molecular flexibility index (Phi) is 5.69. The van der Waals surface area contributed by atoms with Crippen LogP contribution in [0.25, 0.3) is 0 Å². The number of halogens is 2. The zero-order chi connectivity index (χ0) is 16.4. The molecular weight excluding hydrogens is 382 g/mol. The summed E-state index contributed by atoms with van der Waals surface area (Å²) in [5, 5.41) is 0.274. The van der Waals surface area contributed by atoms with Gasteiger partial charge in [0.05, 0.1) is 26.8 Å². The van der Waals surface area contributed by atoms with Crippen LogP contribution in [0.4, 0.5) is 4.79 Å². The summed E-state index contributed by atoms with van der Waals surface area (Å²) >= 11 is 9.31. The van der Waals surface area contributed by atoms with Crippen molar-refractivity contribution >= 4 is 43.4 Å². The molecule has 0 saturated heterocycles. The van der Waals surface area contributed by atoms with Gasteiger partial charge < -0.3 is 9.47 Å². The summed E-state index contributed by atoms with van der Waals surface area (Å²) in [7, 11) is -1.65. The molecule has 0 aliphatic carbocycles. The lowest BCUT2D eigenvalue weighted by atomic mass is 10.2. The van der Waals surface area contributed by atoms with Crippen LogP contribution in [-0.2, 0) is 14.5 Å². The van der Waals surface area contributed by atoms with E-state index in [-0.39, 0.29) is 15.7 Å². The van der Waals surface area contributed by atoms with Crippen molar-refractivity contribution in [2.75, 3.05) is 13.4 Å². The minimum absolute atomic E-state index is 0.222. The average molecular weight is 399 g/mol. The molecule has 1 rings (SSSR count). The fraction of sp³-hybridized carbons (Fsp3) is 0.462. The normalized spacial score (nSPS) is 14.2. The van der Waals surface area contributed by atoms with Gasteiger partial charge in [-0.15, -0.1) is 4.36 Å². The topological polar surface area (TPSA) is 65.0 Å². The molecule has 1 amide bonds. The van der Waals surface area contributed by atoms with Gasteiger partial charge >= 0.3 is 6.09 Å². The zero-order valence-corrected chi connectivity index (χ0v) is 15.6. The Morgan fingerprint density at radius 1 is 1.38 bits per heavy atom. The van der Waals surface area contributed by atoms with Gasteiger partial charge in [0.1, 0.15) is 5.60 Å². The Hall–Kier alpha value is -0.790. The van der Waals surface area contributed by atoms with Crippen LogP contribution in [0, 0.1) is 0 Å². The molecule has 118 valence electrons. The van der Waals surface area contributed by atoms with Gasteiger partial charge in [-0.3, -0.25) is 0 Å². The van der Waals surface area contributed by atoms with Crippen LogP contribution >= 0.6 is 27.5 Å². The Balaban J connectivity index is 3.37. The Labute approximate surface area is 138 Å². The monoisotopic (exact) mass is 397 g/mol. The molecule has 0 heterocycles. The van der Waals surface area contributed by atoms with Crippen molar-refractivity contribution in [1.29, 1.82) is 0 Å². The quantitative estimate of drug-likeness (QED) is 0.735. The Bertz CT molecular complexity index is 675. The molecule has 0 aromatic heterocycles. The predicted octanol–water partition coefficient (Wildman–Crippen LogP) is 4.50. The Morgan fingerprint density at radius 3 is 2.43 bits per heavy atom. The summed E-state index contributed by atoms with van der Waals surface area (Å²) in [6.07, 6.45) is 0.436. The highest BCUT2D eigenvalue weighted by Gasteiger charge is 2.21. The molecule has 0 saturated carbocycles. The molecule has 1 aromatic rings. The van der Waals surface area contributed by atoms with E-state index in [1.807, 2.05) is 0 Å². The summed E-state index contributed by atoms with van der Waals surface area (Å²) in [4.78, 5) is 12.0. The van der Waals surface area contributed by atoms with Gasteiger partial charge in [-0.25, -0.2) is 9.00 Å². The van der Waals surface area contributed by atoms with Gasteiger partial charge in [0, 0.05) is 10.7 Å². The van der Waals surface area contributed by atoms with Crippen LogP contribution in [0.5, 0.6) is 5.75 Å². The SMILES string of the molecule is COc1c(Cl)cc(Br)cc1S(C)(=O)=NC(=O)OC(C)(C)C. The summed E-state index contributed by atoms with van der Waals surface area (Å²) in [5.41, 5.74) is -0.713. The number of ether oxygens (including phenoxy) is 2. The van der Waals surface area contributed by atoms with Gasteiger partial charge in [0.15, 0.2) is 5.75 Å². The van der Waals surface area contributed by atoms with Crippen LogP contribution in [0.15, 0.2) is 25.9 Å². The van der Waals surface area contributed by atoms with Crippen LogP contribution in [0.3, 0.4) is 0 Å². The van der Waals surface area contributed by atoms with Crippen molar-refractivity contribution in [3.05, 3.63) is 21.6 Å². The fourth-order valence-corrected chi connectivity index (χ4v) is 3.88. The molecule has 8 heteroatoms. The highest BCUT2D eigenvalue weighted by Crippen LogP contribution is 2.36. The molecule has 1 atom stereocenters. The van der Waals surface area contributed by atoms with E-state index in [0.717, 1.165) is 0 Å². The molecule has 0 radical (unpaired) electrons. The van der Waals surface area contributed by atoms with Gasteiger partial charge in [0.25, 0.3) is 0 Å². The van der Waals surface area contributed by atoms with Crippen LogP contribution < -0.4 is 4.74 Å². The van der Waals surface area contributed by atoms with Crippen molar-refractivity contribution in [3.63, 3.8) is 0 Å². The molecule has 0 aliphatic rings. The number of amides is 1. The molecule has 0 spiro atoms. The largest absolute Gasteiger partial charge is 0.494 e. The van der Waals surface area contributed by atoms with Crippen molar-refractivity contribution in [1.82, 2.24) is 0 Å². The second kappa shape index (κ2) is 6.54. The minimum Gasteiger partial charge on any atom is -0.494 e. The molecule has 0 N–H and O–H groups in total. The molecule has 1 aromatic carbocycles. The minimum atomic E-state index is -3.06. The van der Waals surface area contributed by atoms with Gasteiger partial charge in [-0.1, -0.05) is 27.5 Å². The second-order valence-corrected chi connectivity index (χ2v) is 8.84. The number of methoxy groups -OCH3 is 1. The number of benzene rings is 1. The molecular formula is C13H17BrClNO4S. The first-order chi connectivity index (χ1) is 9.46. The highest BCUT2D eigenvalue weighted by molar-refractivity contribution is 9.10. The number of nitrogens with zero attached hydrogens (tertiary/aromatic N) is 1. The van der Waals surface area contributed by atoms with Crippen LogP contribution in [0.2, 0.25) is 5.02 Å². The maximum atomic E-state index is 12.7. The molecule has 5 nitrogen and oxygen atoms in total. The average Bonchev–Trinajstić information content (AvgIpc) is 2.24. The number of hydrogen-bond donors (Lipinski definition) is 0. The third-order valence-corrected chi connectivity index (χ3v) is 4.58. The third kappa shape index (κ3) is 5.16. The number of hydrogen-bond acceptors (Lipinski definition) is 4. The predicted molar refractivity (Wildman–Crippen MR) is 86.7 cm³/mol. The first-order valence-electron chi connectivity index (χ1n) is 5.94. The fourth-order valence-electron chi connectivity index (χ4n) is 1.49. The summed E-state index contributed by atoms with van der Waals surface area (Å²) in [5.74, 6) is 0.222. The van der Waals surface area contributed by atoms with E-state index in [9.17, 15) is 9.00 Å². The smallest absolute Gasteiger partial charge is 0.442 e. The van der Waals surface area contributed by atoms with Crippen molar-refractivity contribution in [2.24, 2.45) is 4.36 Å². The van der Waals surface area contributed by atoms with Crippen LogP contribution in [0.1, 0.15) is 20.8 Å². The summed E-state index contributed by atoms with van der Waals surface area (Å²) in [6, 6.07) is 3.16. The first-order valence-corrected chi connectivity index (χ1v) is 9.04. The molecule has 21 heavy (non-hydrogen) atoms. The van der Waals surface area contributed by atoms with Gasteiger partial charge in [-0.05, 0) is 32.9 Å². The second-order valence-electron chi connectivity index (χ2n) is 5.29. The molecule has 0 bridgehead atoms. The van der Waals surface area contributed by atoms with E-state index in [2.05, 4.69) is 20.3 Å². The van der Waals surface area contributed by atoms with E-state index in [0.29, 0.717) is 4.47 Å². The maximum Gasteiger partial charge on any atom is 0.442 e. The van der Waals surface area contributed by atoms with Gasteiger partial charge in [0.2, 0.25) is 0 Å². The van der Waals surface area contributed by atoms with E-state index < -0.39 is 21.4 Å². The summed E-state index contributed by atoms with van der Waals surface area (Å²) in [6.45, 7) is 5.11. The Morgan fingerprint density at radius 2 is 1.95 bits per heavy atom. The van der Waals surface area contributed by atoms with E-state index in [4.69, 9.17) is 21.1 Å². The van der Waals surface area contributed by atoms with Crippen molar-refractivity contribution < 1.29 is 18.5 Å². The first kappa shape index (κ1) is 18.3. The number of carbonyl (C=O) groups excluding carboxylic acids is 1. The van der Waals surface area contributed by atoms with Gasteiger partial charge in [-0.2, -0.15) is 0 Å². The lowest BCUT2D eigenvalue weighted by Crippen LogP contribution is -2.22. The van der Waals surface area contributed by atoms with E-state index in [1.165, 1.54) is 13.4 Å². The third-order valence-electron chi connectivity index (χ3n) is 2.23. The standard InChI is InChI=1S/C13H17BrClNO4S/c1-13(2,3)20-12(17)16-21(5,18)10-7-8(14)6-9(15)11(10)19-4/h6-7H,1-5H3. The maximum absolute atomic E-state index is 12.7. The van der Waals surface area contributed by atoms with Crippen molar-refractivity contribution in [2.45, 2.75) is 31.3 Å². The van der Waals surface area contributed by atoms with E-state index >= 15 is 0 Å². The van der Waals surface area contributed by atoms with Crippen LogP contribution in [-0.4, -0.2) is 29.3 Å².